The van der Waals surface area contributed by atoms with Crippen molar-refractivity contribution in [3.63, 3.8) is 0 Å². The third kappa shape index (κ3) is 199. The summed E-state index contributed by atoms with van der Waals surface area (Å²) < 4.78 is 8.77. The summed E-state index contributed by atoms with van der Waals surface area (Å²) in [5, 5.41) is 15.3. The molecule has 0 aromatic rings. The van der Waals surface area contributed by atoms with Gasteiger partial charge < -0.3 is 42.1 Å². The molecule has 0 aromatic heterocycles. The summed E-state index contributed by atoms with van der Waals surface area (Å²) in [6.07, 6.45) is -2.08. The molecule has 0 rings (SSSR count). The summed E-state index contributed by atoms with van der Waals surface area (Å²) in [6.45, 7) is 0. The maximum Gasteiger partial charge on any atom is 1.00 e. The normalized spacial score (nSPS) is 6.38. The van der Waals surface area contributed by atoms with Crippen LogP contribution < -0.4 is 155 Å². The zero-order valence-electron chi connectivity index (χ0n) is 7.30. The number of hydrogen-bond acceptors (Lipinski definition) is 4. The molecule has 0 unspecified atom stereocenters. The third-order valence-corrected chi connectivity index (χ3v) is 0. The summed E-state index contributed by atoms with van der Waals surface area (Å²) in [7, 11) is -4.89. The second kappa shape index (κ2) is 21.3. The van der Waals surface area contributed by atoms with Crippen molar-refractivity contribution < 1.29 is 179 Å². The average molecular weight is 295 g/mol. The van der Waals surface area contributed by atoms with Crippen LogP contribution in [-0.2, 0) is 4.57 Å². The van der Waals surface area contributed by atoms with Gasteiger partial charge in [-0.05, 0) is 0 Å². The van der Waals surface area contributed by atoms with Crippen molar-refractivity contribution in [1.82, 2.24) is 0 Å². The third-order valence-electron chi connectivity index (χ3n) is 0. The maximum atomic E-state index is 8.77. The molecule has 64 valence electrons. The molecule has 0 radical (unpaired) electrons. The van der Waals surface area contributed by atoms with Crippen molar-refractivity contribution in [3.8, 4) is 0 Å². The van der Waals surface area contributed by atoms with Gasteiger partial charge in [-0.1, -0.05) is 0 Å². The Labute approximate surface area is 188 Å². The Balaban J connectivity index is -0.0000000146. The van der Waals surface area contributed by atoms with Gasteiger partial charge in [0.1, 0.15) is 0 Å². The van der Waals surface area contributed by atoms with Gasteiger partial charge in [-0.25, -0.2) is 0 Å². The van der Waals surface area contributed by atoms with Gasteiger partial charge in [-0.3, -0.25) is 4.57 Å². The Kier molecular flexibility index (Phi) is 58.8. The van der Waals surface area contributed by atoms with Crippen molar-refractivity contribution in [3.05, 3.63) is 0 Å². The van der Waals surface area contributed by atoms with Gasteiger partial charge in [-0.15, -0.1) is 0 Å². The monoisotopic (exact) mass is 294 g/mol. The molecule has 3 N–H and O–H groups in total. The summed E-state index contributed by atoms with van der Waals surface area (Å²) >= 11 is 0. The number of halogens is 1. The minimum atomic E-state index is -4.89. The topological polar surface area (TPSA) is 141 Å². The predicted molar refractivity (Wildman–Crippen MR) is 20.1 cm³/mol. The Morgan fingerprint density at radius 2 is 1.23 bits per heavy atom. The first-order chi connectivity index (χ1) is 3.73. The van der Waals surface area contributed by atoms with E-state index in [9.17, 15) is 0 Å². The molecule has 0 fully saturated rings. The summed E-state index contributed by atoms with van der Waals surface area (Å²) in [5.74, 6) is 0. The van der Waals surface area contributed by atoms with Crippen LogP contribution in [0.3, 0.4) is 0 Å². The molecule has 0 spiro atoms. The Morgan fingerprint density at radius 3 is 1.23 bits per heavy atom. The van der Waals surface area contributed by atoms with E-state index in [2.05, 4.69) is 0 Å². The SMILES string of the molecule is O=C([O-])O.O=P([O-])(O)O.[Cl-].[K+].[K+].[Na+]. The van der Waals surface area contributed by atoms with Crippen molar-refractivity contribution >= 4 is 14.0 Å². The predicted octanol–water partition coefficient (Wildman–Crippen LogP) is -14.7. The van der Waals surface area contributed by atoms with Crippen molar-refractivity contribution in [2.24, 2.45) is 0 Å². The first-order valence-corrected chi connectivity index (χ1v) is 2.93. The molecule has 0 saturated carbocycles. The van der Waals surface area contributed by atoms with Crippen LogP contribution in [0, 0.1) is 0 Å². The fourth-order valence-electron chi connectivity index (χ4n) is 0. The van der Waals surface area contributed by atoms with Crippen LogP contribution in [0.4, 0.5) is 4.79 Å². The van der Waals surface area contributed by atoms with E-state index in [4.69, 9.17) is 34.3 Å². The molecule has 0 aliphatic rings. The van der Waals surface area contributed by atoms with Gasteiger partial charge in [-0.2, -0.15) is 0 Å². The minimum Gasteiger partial charge on any atom is -1.00 e. The number of phosphoric acid groups is 1. The summed E-state index contributed by atoms with van der Waals surface area (Å²) in [6, 6.07) is 0. The molecular weight excluding hydrogens is 292 g/mol. The van der Waals surface area contributed by atoms with Gasteiger partial charge in [0.25, 0.3) is 7.82 Å². The van der Waals surface area contributed by atoms with Crippen LogP contribution in [-0.4, -0.2) is 21.0 Å². The quantitative estimate of drug-likeness (QED) is 0.297. The van der Waals surface area contributed by atoms with Crippen molar-refractivity contribution in [2.45, 2.75) is 0 Å². The van der Waals surface area contributed by atoms with E-state index in [1.54, 1.807) is 0 Å². The van der Waals surface area contributed by atoms with E-state index >= 15 is 0 Å². The van der Waals surface area contributed by atoms with Crippen LogP contribution in [0.25, 0.3) is 0 Å². The van der Waals surface area contributed by atoms with E-state index in [-0.39, 0.29) is 145 Å². The van der Waals surface area contributed by atoms with E-state index in [0.29, 0.717) is 0 Å². The zero-order valence-corrected chi connectivity index (χ0v) is 17.2. The van der Waals surface area contributed by atoms with Gasteiger partial charge >= 0.3 is 132 Å². The second-order valence-corrected chi connectivity index (χ2v) is 1.74. The Morgan fingerprint density at radius 1 is 1.23 bits per heavy atom. The van der Waals surface area contributed by atoms with Gasteiger partial charge in [0.2, 0.25) is 6.16 Å². The first kappa shape index (κ1) is 36.0. The number of hydrogen-bond donors (Lipinski definition) is 3. The van der Waals surface area contributed by atoms with Crippen LogP contribution in [0.2, 0.25) is 0 Å². The maximum absolute atomic E-state index is 8.77. The Hall–Kier alpha value is 3.94. The molecule has 0 bridgehead atoms. The molecule has 12 heteroatoms. The summed E-state index contributed by atoms with van der Waals surface area (Å²) in [5.41, 5.74) is 0. The molecule has 0 aromatic carbocycles. The zero-order chi connectivity index (χ0) is 8.08. The van der Waals surface area contributed by atoms with Crippen LogP contribution in [0.5, 0.6) is 0 Å². The second-order valence-electron chi connectivity index (χ2n) is 0.756. The minimum absolute atomic E-state index is 0. The van der Waals surface area contributed by atoms with Crippen LogP contribution >= 0.6 is 7.82 Å². The summed E-state index contributed by atoms with van der Waals surface area (Å²) in [4.78, 5) is 31.4. The standard InChI is InChI=1S/CH2O3.ClH.2K.Na.H3O4P/c2-1(3)4;;;;;1-5(2,3)4/h(H2,2,3,4);1H;;;;(H3,1,2,3,4)/q;;3*+1;/p-3. The molecular formula is CH3ClK2NaO7P. The molecule has 13 heavy (non-hydrogen) atoms. The molecule has 0 saturated heterocycles. The average Bonchev–Trinajstić information content (AvgIpc) is 1.19. The number of rotatable bonds is 0. The molecule has 0 aliphatic heterocycles. The van der Waals surface area contributed by atoms with Gasteiger partial charge in [0.05, 0.1) is 0 Å². The van der Waals surface area contributed by atoms with E-state index in [0.717, 1.165) is 0 Å². The molecule has 0 amide bonds. The fourth-order valence-corrected chi connectivity index (χ4v) is 0. The van der Waals surface area contributed by atoms with Crippen molar-refractivity contribution in [2.75, 3.05) is 0 Å². The first-order valence-electron chi connectivity index (χ1n) is 1.40. The number of carbonyl (C=O) groups is 1. The number of carboxylic acid groups (broad SMARTS) is 2. The van der Waals surface area contributed by atoms with Gasteiger partial charge in [0.15, 0.2) is 0 Å². The van der Waals surface area contributed by atoms with E-state index in [1.165, 1.54) is 0 Å². The van der Waals surface area contributed by atoms with E-state index in [1.807, 2.05) is 0 Å². The van der Waals surface area contributed by atoms with Crippen LogP contribution in [0.1, 0.15) is 0 Å². The molecule has 7 nitrogen and oxygen atoms in total. The molecule has 0 aliphatic carbocycles. The molecule has 0 heterocycles. The van der Waals surface area contributed by atoms with Crippen LogP contribution in [0.15, 0.2) is 0 Å². The smallest absolute Gasteiger partial charge is 1.00 e. The Bertz CT molecular complexity index is 126. The van der Waals surface area contributed by atoms with Crippen molar-refractivity contribution in [1.29, 1.82) is 0 Å². The molecule has 0 atom stereocenters. The largest absolute Gasteiger partial charge is 1.00 e. The van der Waals surface area contributed by atoms with Gasteiger partial charge in [0, 0.05) is 0 Å². The van der Waals surface area contributed by atoms with E-state index < -0.39 is 14.0 Å². The fraction of sp³-hybridized carbons (Fsp3) is 0.